The minimum atomic E-state index is -0.154. The minimum absolute atomic E-state index is 0.0286. The van der Waals surface area contributed by atoms with E-state index in [2.05, 4.69) is 20.6 Å². The third-order valence-corrected chi connectivity index (χ3v) is 5.16. The van der Waals surface area contributed by atoms with E-state index in [0.717, 1.165) is 12.8 Å². The van der Waals surface area contributed by atoms with Crippen molar-refractivity contribution in [3.05, 3.63) is 35.1 Å². The number of nitriles is 1. The summed E-state index contributed by atoms with van der Waals surface area (Å²) in [4.78, 5) is 8.14. The average Bonchev–Trinajstić information content (AvgIpc) is 2.98. The summed E-state index contributed by atoms with van der Waals surface area (Å²) in [5.74, 6) is 0.218. The van der Waals surface area contributed by atoms with Crippen molar-refractivity contribution in [3.8, 4) is 17.7 Å². The van der Waals surface area contributed by atoms with Gasteiger partial charge in [0.25, 0.3) is 5.88 Å². The number of anilines is 2. The third-order valence-electron chi connectivity index (χ3n) is 4.85. The summed E-state index contributed by atoms with van der Waals surface area (Å²) in [5, 5.41) is 26.3. The van der Waals surface area contributed by atoms with E-state index in [-0.39, 0.29) is 23.6 Å². The Morgan fingerprint density at radius 3 is 2.73 bits per heavy atom. The predicted molar refractivity (Wildman–Crippen MR) is 96.7 cm³/mol. The predicted octanol–water partition coefficient (Wildman–Crippen LogP) is 3.11. The maximum atomic E-state index is 10.5. The molecule has 2 aliphatic rings. The molecule has 0 aliphatic carbocycles. The Labute approximate surface area is 156 Å². The molecule has 3 heterocycles. The first kappa shape index (κ1) is 16.9. The molecule has 8 heteroatoms. The summed E-state index contributed by atoms with van der Waals surface area (Å²) in [7, 11) is 0. The molecule has 0 spiro atoms. The highest BCUT2D eigenvalue weighted by Crippen LogP contribution is 2.36. The molecule has 134 valence electrons. The van der Waals surface area contributed by atoms with Crippen molar-refractivity contribution in [1.82, 2.24) is 15.3 Å². The molecule has 0 amide bonds. The van der Waals surface area contributed by atoms with Gasteiger partial charge in [0.2, 0.25) is 5.75 Å². The first-order valence-electron chi connectivity index (χ1n) is 8.55. The second-order valence-electron chi connectivity index (χ2n) is 6.66. The molecule has 4 rings (SSSR count). The number of benzene rings is 1. The first-order valence-corrected chi connectivity index (χ1v) is 8.93. The summed E-state index contributed by atoms with van der Waals surface area (Å²) >= 11 is 6.17. The molecular weight excluding hydrogens is 354 g/mol. The molecule has 1 aromatic carbocycles. The molecule has 2 unspecified atom stereocenters. The molecule has 3 atom stereocenters. The van der Waals surface area contributed by atoms with E-state index in [4.69, 9.17) is 21.6 Å². The maximum Gasteiger partial charge on any atom is 0.262 e. The Morgan fingerprint density at radius 2 is 2.04 bits per heavy atom. The third kappa shape index (κ3) is 3.39. The largest absolute Gasteiger partial charge is 0.501 e. The zero-order chi connectivity index (χ0) is 18.1. The van der Waals surface area contributed by atoms with E-state index in [0.29, 0.717) is 28.4 Å². The van der Waals surface area contributed by atoms with Crippen LogP contribution in [0.1, 0.15) is 31.2 Å². The number of halogens is 1. The van der Waals surface area contributed by atoms with Gasteiger partial charge in [-0.05, 0) is 43.9 Å². The second-order valence-corrected chi connectivity index (χ2v) is 7.06. The molecular formula is C18H18ClN5O2. The van der Waals surface area contributed by atoms with Crippen LogP contribution in [0.25, 0.3) is 0 Å². The standard InChI is InChI=1S/C18H18ClN5O2/c19-14-5-10(8-20)1-4-15(14)24-17-16(25)18(22-9-21-17)26-13-6-11-2-3-12(7-13)23-11/h1,4-5,9,11-13,23,25H,2-3,6-7H2,(H,21,22,24)/t11-,12?,13?/m0/s1. The summed E-state index contributed by atoms with van der Waals surface area (Å²) in [6.07, 6.45) is 5.52. The highest BCUT2D eigenvalue weighted by molar-refractivity contribution is 6.33. The van der Waals surface area contributed by atoms with E-state index in [9.17, 15) is 5.11 Å². The molecule has 2 aromatic rings. The van der Waals surface area contributed by atoms with Crippen molar-refractivity contribution in [2.75, 3.05) is 5.32 Å². The monoisotopic (exact) mass is 371 g/mol. The fourth-order valence-corrected chi connectivity index (χ4v) is 3.84. The molecule has 2 saturated heterocycles. The van der Waals surface area contributed by atoms with Gasteiger partial charge in [0.15, 0.2) is 5.82 Å². The van der Waals surface area contributed by atoms with Crippen LogP contribution in [0, 0.1) is 11.3 Å². The van der Waals surface area contributed by atoms with Gasteiger partial charge in [-0.3, -0.25) is 0 Å². The lowest BCUT2D eigenvalue weighted by molar-refractivity contribution is 0.127. The van der Waals surface area contributed by atoms with Crippen LogP contribution in [0.4, 0.5) is 11.5 Å². The lowest BCUT2D eigenvalue weighted by Crippen LogP contribution is -2.42. The summed E-state index contributed by atoms with van der Waals surface area (Å²) in [5.41, 5.74) is 0.988. The van der Waals surface area contributed by atoms with Gasteiger partial charge in [0.1, 0.15) is 12.4 Å². The molecule has 26 heavy (non-hydrogen) atoms. The van der Waals surface area contributed by atoms with Crippen molar-refractivity contribution in [2.45, 2.75) is 43.9 Å². The molecule has 2 bridgehead atoms. The van der Waals surface area contributed by atoms with Gasteiger partial charge in [0.05, 0.1) is 22.3 Å². The number of nitrogens with zero attached hydrogens (tertiary/aromatic N) is 3. The number of aromatic hydroxyl groups is 1. The van der Waals surface area contributed by atoms with Crippen molar-refractivity contribution < 1.29 is 9.84 Å². The lowest BCUT2D eigenvalue weighted by atomic mass is 10.0. The van der Waals surface area contributed by atoms with Crippen LogP contribution in [0.3, 0.4) is 0 Å². The maximum absolute atomic E-state index is 10.5. The number of hydrogen-bond donors (Lipinski definition) is 3. The van der Waals surface area contributed by atoms with E-state index in [1.807, 2.05) is 6.07 Å². The van der Waals surface area contributed by atoms with Gasteiger partial charge < -0.3 is 20.5 Å². The fourth-order valence-electron chi connectivity index (χ4n) is 3.61. The highest BCUT2D eigenvalue weighted by atomic mass is 35.5. The Bertz CT molecular complexity index is 857. The summed E-state index contributed by atoms with van der Waals surface area (Å²) in [6.45, 7) is 0. The van der Waals surface area contributed by atoms with Crippen molar-refractivity contribution in [1.29, 1.82) is 5.26 Å². The second kappa shape index (κ2) is 6.98. The number of fused-ring (bicyclic) bond motifs is 2. The van der Waals surface area contributed by atoms with Crippen molar-refractivity contribution >= 4 is 23.1 Å². The summed E-state index contributed by atoms with van der Waals surface area (Å²) in [6, 6.07) is 7.83. The zero-order valence-corrected chi connectivity index (χ0v) is 14.7. The molecule has 2 fully saturated rings. The number of piperidine rings is 1. The molecule has 2 aliphatic heterocycles. The van der Waals surface area contributed by atoms with Crippen LogP contribution in [0.2, 0.25) is 5.02 Å². The van der Waals surface area contributed by atoms with E-state index >= 15 is 0 Å². The van der Waals surface area contributed by atoms with Gasteiger partial charge in [-0.15, -0.1) is 0 Å². The smallest absolute Gasteiger partial charge is 0.262 e. The molecule has 1 aromatic heterocycles. The lowest BCUT2D eigenvalue weighted by Gasteiger charge is -2.29. The van der Waals surface area contributed by atoms with Crippen molar-refractivity contribution in [2.24, 2.45) is 0 Å². The Kier molecular flexibility index (Phi) is 4.53. The Hall–Kier alpha value is -2.56. The minimum Gasteiger partial charge on any atom is -0.501 e. The molecule has 7 nitrogen and oxygen atoms in total. The van der Waals surface area contributed by atoms with E-state index in [1.54, 1.807) is 18.2 Å². The normalized spacial score (nSPS) is 24.1. The number of rotatable bonds is 4. The van der Waals surface area contributed by atoms with Gasteiger partial charge in [-0.2, -0.15) is 10.2 Å². The zero-order valence-electron chi connectivity index (χ0n) is 13.9. The van der Waals surface area contributed by atoms with Crippen LogP contribution in [-0.2, 0) is 0 Å². The molecule has 0 saturated carbocycles. The molecule has 3 N–H and O–H groups in total. The van der Waals surface area contributed by atoms with Crippen LogP contribution in [0.5, 0.6) is 11.6 Å². The molecule has 0 radical (unpaired) electrons. The van der Waals surface area contributed by atoms with Crippen LogP contribution in [-0.4, -0.2) is 33.3 Å². The Morgan fingerprint density at radius 1 is 1.27 bits per heavy atom. The summed E-state index contributed by atoms with van der Waals surface area (Å²) < 4.78 is 5.95. The quantitative estimate of drug-likeness (QED) is 0.758. The number of nitrogens with one attached hydrogen (secondary N) is 2. The van der Waals surface area contributed by atoms with Gasteiger partial charge in [-0.25, -0.2) is 4.98 Å². The van der Waals surface area contributed by atoms with E-state index < -0.39 is 0 Å². The van der Waals surface area contributed by atoms with Gasteiger partial charge in [0, 0.05) is 12.1 Å². The van der Waals surface area contributed by atoms with Crippen LogP contribution in [0.15, 0.2) is 24.5 Å². The fraction of sp³-hybridized carbons (Fsp3) is 0.389. The highest BCUT2D eigenvalue weighted by Gasteiger charge is 2.35. The van der Waals surface area contributed by atoms with E-state index in [1.165, 1.54) is 19.2 Å². The average molecular weight is 372 g/mol. The van der Waals surface area contributed by atoms with Crippen LogP contribution < -0.4 is 15.4 Å². The number of aromatic nitrogens is 2. The van der Waals surface area contributed by atoms with Gasteiger partial charge >= 0.3 is 0 Å². The Balaban J connectivity index is 1.51. The van der Waals surface area contributed by atoms with Gasteiger partial charge in [-0.1, -0.05) is 11.6 Å². The number of ether oxygens (including phenoxy) is 1. The first-order chi connectivity index (χ1) is 12.6. The topological polar surface area (TPSA) is 103 Å². The SMILES string of the molecule is N#Cc1ccc(Nc2ncnc(OC3CC4CC[C@@H](C3)N4)c2O)c(Cl)c1. The van der Waals surface area contributed by atoms with Crippen molar-refractivity contribution in [3.63, 3.8) is 0 Å². The number of hydrogen-bond acceptors (Lipinski definition) is 7. The van der Waals surface area contributed by atoms with Crippen LogP contribution >= 0.6 is 11.6 Å².